The molecule has 0 amide bonds. The summed E-state index contributed by atoms with van der Waals surface area (Å²) in [6, 6.07) is 3.93. The smallest absolute Gasteiger partial charge is 0.342 e. The minimum Gasteiger partial charge on any atom is -0.477 e. The number of carbonyl (C=O) groups is 1. The molecule has 0 bridgehead atoms. The Bertz CT molecular complexity index is 513. The Hall–Kier alpha value is -2.15. The van der Waals surface area contributed by atoms with Gasteiger partial charge in [0.15, 0.2) is 0 Å². The number of rotatable bonds is 7. The first-order valence-corrected chi connectivity index (χ1v) is 6.16. The van der Waals surface area contributed by atoms with Crippen molar-refractivity contribution >= 4 is 17.3 Å². The Kier molecular flexibility index (Phi) is 5.04. The first-order valence-electron chi connectivity index (χ1n) is 6.16. The van der Waals surface area contributed by atoms with Gasteiger partial charge in [-0.15, -0.1) is 0 Å². The van der Waals surface area contributed by atoms with Gasteiger partial charge in [-0.1, -0.05) is 0 Å². The molecule has 110 valence electrons. The van der Waals surface area contributed by atoms with Crippen LogP contribution in [0.5, 0.6) is 0 Å². The van der Waals surface area contributed by atoms with Gasteiger partial charge >= 0.3 is 5.97 Å². The second kappa shape index (κ2) is 6.33. The number of nitrogens with zero attached hydrogens (tertiary/aromatic N) is 1. The molecule has 0 radical (unpaired) electrons. The highest BCUT2D eigenvalue weighted by molar-refractivity contribution is 5.93. The molecule has 1 rings (SSSR count). The maximum Gasteiger partial charge on any atom is 0.342 e. The predicted octanol–water partition coefficient (Wildman–Crippen LogP) is 2.52. The van der Waals surface area contributed by atoms with Crippen LogP contribution in [0.1, 0.15) is 31.1 Å². The molecule has 0 aliphatic carbocycles. The quantitative estimate of drug-likeness (QED) is 0.588. The lowest BCUT2D eigenvalue weighted by Gasteiger charge is -2.25. The van der Waals surface area contributed by atoms with Crippen molar-refractivity contribution in [2.24, 2.45) is 0 Å². The number of aromatic carboxylic acids is 1. The van der Waals surface area contributed by atoms with Gasteiger partial charge in [-0.3, -0.25) is 10.1 Å². The maximum absolute atomic E-state index is 10.9. The first-order chi connectivity index (χ1) is 9.26. The molecular formula is C13H18N2O5. The van der Waals surface area contributed by atoms with Crippen molar-refractivity contribution in [2.45, 2.75) is 26.4 Å². The molecular weight excluding hydrogens is 264 g/mol. The number of ether oxygens (including phenoxy) is 1. The Morgan fingerprint density at radius 3 is 2.65 bits per heavy atom. The normalized spacial score (nSPS) is 11.2. The summed E-state index contributed by atoms with van der Waals surface area (Å²) in [5.74, 6) is -1.32. The Labute approximate surface area is 116 Å². The van der Waals surface area contributed by atoms with E-state index in [0.29, 0.717) is 18.8 Å². The molecule has 0 aromatic heterocycles. The number of nitro groups is 1. The molecule has 0 fully saturated rings. The molecule has 2 N–H and O–H groups in total. The number of carboxylic acid groups (broad SMARTS) is 1. The van der Waals surface area contributed by atoms with E-state index < -0.39 is 22.2 Å². The third kappa shape index (κ3) is 4.20. The van der Waals surface area contributed by atoms with Gasteiger partial charge < -0.3 is 15.2 Å². The zero-order chi connectivity index (χ0) is 15.3. The van der Waals surface area contributed by atoms with Crippen molar-refractivity contribution in [3.8, 4) is 0 Å². The summed E-state index contributed by atoms with van der Waals surface area (Å²) in [6.07, 6.45) is 0. The van der Waals surface area contributed by atoms with E-state index in [-0.39, 0.29) is 5.56 Å². The molecule has 0 atom stereocenters. The minimum absolute atomic E-state index is 0.329. The predicted molar refractivity (Wildman–Crippen MR) is 74.3 cm³/mol. The molecule has 1 aromatic rings. The zero-order valence-corrected chi connectivity index (χ0v) is 11.7. The highest BCUT2D eigenvalue weighted by Gasteiger charge is 2.21. The van der Waals surface area contributed by atoms with Gasteiger partial charge in [0.1, 0.15) is 5.56 Å². The second-order valence-electron chi connectivity index (χ2n) is 4.84. The van der Waals surface area contributed by atoms with Crippen molar-refractivity contribution in [3.63, 3.8) is 0 Å². The molecule has 0 unspecified atom stereocenters. The molecule has 0 saturated heterocycles. The molecule has 0 aliphatic heterocycles. The van der Waals surface area contributed by atoms with Gasteiger partial charge in [-0.2, -0.15) is 0 Å². The Morgan fingerprint density at radius 2 is 2.15 bits per heavy atom. The van der Waals surface area contributed by atoms with Crippen LogP contribution in [-0.4, -0.2) is 34.8 Å². The molecule has 0 heterocycles. The zero-order valence-electron chi connectivity index (χ0n) is 11.7. The summed E-state index contributed by atoms with van der Waals surface area (Å²) in [5, 5.41) is 22.8. The van der Waals surface area contributed by atoms with Crippen LogP contribution < -0.4 is 5.32 Å². The summed E-state index contributed by atoms with van der Waals surface area (Å²) >= 11 is 0. The number of benzene rings is 1. The molecule has 7 nitrogen and oxygen atoms in total. The van der Waals surface area contributed by atoms with Gasteiger partial charge in [-0.05, 0) is 32.9 Å². The molecule has 0 aliphatic rings. The van der Waals surface area contributed by atoms with Crippen LogP contribution in [0, 0.1) is 10.1 Å². The lowest BCUT2D eigenvalue weighted by atomic mass is 10.1. The third-order valence-corrected chi connectivity index (χ3v) is 2.68. The van der Waals surface area contributed by atoms with Crippen molar-refractivity contribution in [1.82, 2.24) is 0 Å². The van der Waals surface area contributed by atoms with E-state index in [1.54, 1.807) is 0 Å². The van der Waals surface area contributed by atoms with E-state index in [1.165, 1.54) is 18.2 Å². The number of anilines is 1. The van der Waals surface area contributed by atoms with Crippen LogP contribution in [-0.2, 0) is 4.74 Å². The summed E-state index contributed by atoms with van der Waals surface area (Å²) < 4.78 is 5.50. The van der Waals surface area contributed by atoms with Gasteiger partial charge in [-0.25, -0.2) is 4.79 Å². The van der Waals surface area contributed by atoms with Crippen molar-refractivity contribution in [2.75, 3.05) is 18.5 Å². The highest BCUT2D eigenvalue weighted by Crippen LogP contribution is 2.24. The summed E-state index contributed by atoms with van der Waals surface area (Å²) in [6.45, 7) is 6.68. The van der Waals surface area contributed by atoms with E-state index >= 15 is 0 Å². The van der Waals surface area contributed by atoms with E-state index in [2.05, 4.69) is 5.32 Å². The highest BCUT2D eigenvalue weighted by atomic mass is 16.6. The lowest BCUT2D eigenvalue weighted by molar-refractivity contribution is -0.385. The maximum atomic E-state index is 10.9. The lowest BCUT2D eigenvalue weighted by Crippen LogP contribution is -2.33. The summed E-state index contributed by atoms with van der Waals surface area (Å²) in [7, 11) is 0. The molecule has 0 spiro atoms. The second-order valence-corrected chi connectivity index (χ2v) is 4.84. The summed E-state index contributed by atoms with van der Waals surface area (Å²) in [5.41, 5.74) is -0.703. The van der Waals surface area contributed by atoms with Crippen LogP contribution in [0.4, 0.5) is 11.4 Å². The number of nitro benzene ring substituents is 1. The largest absolute Gasteiger partial charge is 0.477 e. The SMILES string of the molecule is CCOC(C)(C)CNc1ccc(C(=O)O)c([N+](=O)[O-])c1. The Balaban J connectivity index is 2.91. The topological polar surface area (TPSA) is 102 Å². The summed E-state index contributed by atoms with van der Waals surface area (Å²) in [4.78, 5) is 21.1. The van der Waals surface area contributed by atoms with Crippen molar-refractivity contribution in [1.29, 1.82) is 0 Å². The van der Waals surface area contributed by atoms with Crippen LogP contribution in [0.15, 0.2) is 18.2 Å². The number of hydrogen-bond acceptors (Lipinski definition) is 5. The molecule has 1 aromatic carbocycles. The standard InChI is InChI=1S/C13H18N2O5/c1-4-20-13(2,3)8-14-9-5-6-10(12(16)17)11(7-9)15(18)19/h5-7,14H,4,8H2,1-3H3,(H,16,17). The van der Waals surface area contributed by atoms with Crippen LogP contribution in [0.25, 0.3) is 0 Å². The van der Waals surface area contributed by atoms with E-state index in [1.807, 2.05) is 20.8 Å². The van der Waals surface area contributed by atoms with Crippen LogP contribution in [0.3, 0.4) is 0 Å². The first kappa shape index (κ1) is 15.9. The van der Waals surface area contributed by atoms with Gasteiger partial charge in [0, 0.05) is 24.9 Å². The van der Waals surface area contributed by atoms with E-state index in [4.69, 9.17) is 9.84 Å². The van der Waals surface area contributed by atoms with Crippen LogP contribution in [0.2, 0.25) is 0 Å². The Morgan fingerprint density at radius 1 is 1.50 bits per heavy atom. The molecule has 0 saturated carbocycles. The fraction of sp³-hybridized carbons (Fsp3) is 0.462. The monoisotopic (exact) mass is 282 g/mol. The van der Waals surface area contributed by atoms with Gasteiger partial charge in [0.25, 0.3) is 5.69 Å². The van der Waals surface area contributed by atoms with Crippen molar-refractivity contribution in [3.05, 3.63) is 33.9 Å². The average molecular weight is 282 g/mol. The van der Waals surface area contributed by atoms with E-state index in [9.17, 15) is 14.9 Å². The third-order valence-electron chi connectivity index (χ3n) is 2.68. The van der Waals surface area contributed by atoms with Gasteiger partial charge in [0.2, 0.25) is 0 Å². The molecule has 7 heteroatoms. The average Bonchev–Trinajstić information content (AvgIpc) is 2.35. The number of carboxylic acids is 1. The minimum atomic E-state index is -1.32. The van der Waals surface area contributed by atoms with Crippen molar-refractivity contribution < 1.29 is 19.6 Å². The number of hydrogen-bond donors (Lipinski definition) is 2. The number of nitrogens with one attached hydrogen (secondary N) is 1. The fourth-order valence-electron chi connectivity index (χ4n) is 1.73. The van der Waals surface area contributed by atoms with Gasteiger partial charge in [0.05, 0.1) is 10.5 Å². The van der Waals surface area contributed by atoms with E-state index in [0.717, 1.165) is 0 Å². The van der Waals surface area contributed by atoms with Crippen LogP contribution >= 0.6 is 0 Å². The fourth-order valence-corrected chi connectivity index (χ4v) is 1.73. The molecule has 20 heavy (non-hydrogen) atoms.